The van der Waals surface area contributed by atoms with Gasteiger partial charge in [-0.15, -0.1) is 11.3 Å². The molecule has 1 fully saturated rings. The summed E-state index contributed by atoms with van der Waals surface area (Å²) in [7, 11) is 0. The minimum atomic E-state index is -0.725. The van der Waals surface area contributed by atoms with Crippen molar-refractivity contribution in [2.45, 2.75) is 44.7 Å². The molecule has 0 bridgehead atoms. The third-order valence-corrected chi connectivity index (χ3v) is 7.78. The molecular formula is C28H28N2O3S. The Bertz CT molecular complexity index is 1280. The van der Waals surface area contributed by atoms with E-state index in [0.29, 0.717) is 18.4 Å². The van der Waals surface area contributed by atoms with Crippen LogP contribution in [0.2, 0.25) is 0 Å². The predicted molar refractivity (Wildman–Crippen MR) is 136 cm³/mol. The zero-order valence-corrected chi connectivity index (χ0v) is 19.8. The average molecular weight is 473 g/mol. The van der Waals surface area contributed by atoms with Gasteiger partial charge in [-0.25, -0.2) is 0 Å². The third-order valence-electron chi connectivity index (χ3n) is 6.84. The highest BCUT2D eigenvalue weighted by molar-refractivity contribution is 7.17. The third kappa shape index (κ3) is 4.77. The number of fused-ring (bicyclic) bond motifs is 1. The van der Waals surface area contributed by atoms with Crippen LogP contribution in [0.15, 0.2) is 72.2 Å². The maximum absolute atomic E-state index is 13.1. The fourth-order valence-electron chi connectivity index (χ4n) is 4.85. The smallest absolute Gasteiger partial charge is 0.306 e. The van der Waals surface area contributed by atoms with Crippen molar-refractivity contribution in [2.75, 3.05) is 0 Å². The highest BCUT2D eigenvalue weighted by Crippen LogP contribution is 2.29. The summed E-state index contributed by atoms with van der Waals surface area (Å²) in [5.41, 5.74) is 5.39. The van der Waals surface area contributed by atoms with Crippen molar-refractivity contribution in [3.8, 4) is 11.1 Å². The number of hydrogen-bond donors (Lipinski definition) is 2. The van der Waals surface area contributed by atoms with Gasteiger partial charge in [0.1, 0.15) is 0 Å². The lowest BCUT2D eigenvalue weighted by atomic mass is 9.86. The van der Waals surface area contributed by atoms with Crippen LogP contribution in [-0.4, -0.2) is 27.6 Å². The number of aromatic nitrogens is 1. The fraction of sp³-hybridized carbons (Fsp3) is 0.286. The molecule has 0 radical (unpaired) electrons. The number of carbonyl (C=O) groups is 2. The molecule has 2 heterocycles. The van der Waals surface area contributed by atoms with Crippen molar-refractivity contribution < 1.29 is 14.7 Å². The Labute approximate surface area is 203 Å². The van der Waals surface area contributed by atoms with Crippen molar-refractivity contribution in [3.05, 3.63) is 83.4 Å². The number of carbonyl (C=O) groups excluding carboxylic acids is 1. The Morgan fingerprint density at radius 3 is 2.35 bits per heavy atom. The number of benzene rings is 2. The van der Waals surface area contributed by atoms with E-state index in [4.69, 9.17) is 0 Å². The number of thiophene rings is 1. The summed E-state index contributed by atoms with van der Waals surface area (Å²) < 4.78 is 3.28. The van der Waals surface area contributed by atoms with Gasteiger partial charge in [0.15, 0.2) is 0 Å². The van der Waals surface area contributed by atoms with Gasteiger partial charge in [0, 0.05) is 24.2 Å². The molecule has 4 aromatic rings. The Balaban J connectivity index is 1.24. The van der Waals surface area contributed by atoms with Gasteiger partial charge in [0.05, 0.1) is 21.7 Å². The largest absolute Gasteiger partial charge is 0.481 e. The molecule has 1 saturated carbocycles. The molecule has 1 amide bonds. The molecule has 1 aliphatic rings. The summed E-state index contributed by atoms with van der Waals surface area (Å²) in [6.45, 7) is 0.801. The first-order valence-corrected chi connectivity index (χ1v) is 12.7. The van der Waals surface area contributed by atoms with E-state index < -0.39 is 5.97 Å². The van der Waals surface area contributed by atoms with Crippen molar-refractivity contribution in [3.63, 3.8) is 0 Å². The van der Waals surface area contributed by atoms with Gasteiger partial charge in [-0.2, -0.15) is 0 Å². The Morgan fingerprint density at radius 2 is 1.65 bits per heavy atom. The minimum absolute atomic E-state index is 0.0459. The lowest BCUT2D eigenvalue weighted by Gasteiger charge is -2.26. The Hall–Kier alpha value is -3.38. The molecule has 0 saturated heterocycles. The lowest BCUT2D eigenvalue weighted by Crippen LogP contribution is -2.38. The topological polar surface area (TPSA) is 71.3 Å². The first-order valence-electron chi connectivity index (χ1n) is 11.8. The quantitative estimate of drug-likeness (QED) is 0.347. The van der Waals surface area contributed by atoms with E-state index in [9.17, 15) is 14.7 Å². The molecule has 34 heavy (non-hydrogen) atoms. The number of nitrogens with one attached hydrogen (secondary N) is 1. The average Bonchev–Trinajstić information content (AvgIpc) is 3.47. The highest BCUT2D eigenvalue weighted by Gasteiger charge is 2.27. The number of rotatable bonds is 7. The molecule has 0 atom stereocenters. The number of aryl methyl sites for hydroxylation is 2. The number of hydrogen-bond acceptors (Lipinski definition) is 3. The summed E-state index contributed by atoms with van der Waals surface area (Å²) in [6.07, 6.45) is 5.63. The van der Waals surface area contributed by atoms with Crippen molar-refractivity contribution >= 4 is 33.4 Å². The molecule has 0 unspecified atom stereocenters. The molecule has 174 valence electrons. The molecule has 2 N–H and O–H groups in total. The van der Waals surface area contributed by atoms with Gasteiger partial charge in [0.25, 0.3) is 5.91 Å². The van der Waals surface area contributed by atoms with Gasteiger partial charge in [-0.1, -0.05) is 54.6 Å². The monoisotopic (exact) mass is 472 g/mol. The summed E-state index contributed by atoms with van der Waals surface area (Å²) >= 11 is 1.59. The number of carboxylic acid groups (broad SMARTS) is 1. The van der Waals surface area contributed by atoms with Crippen LogP contribution in [0, 0.1) is 5.92 Å². The van der Waals surface area contributed by atoms with Crippen LogP contribution < -0.4 is 5.32 Å². The SMILES string of the molecule is O=C(NC1CCC(C(=O)O)CC1)c1csc2ccn(CCc3ccc(-c4ccccc4)cc3)c12. The van der Waals surface area contributed by atoms with E-state index in [-0.39, 0.29) is 17.9 Å². The predicted octanol–water partition coefficient (Wildman–Crippen LogP) is 5.99. The minimum Gasteiger partial charge on any atom is -0.481 e. The van der Waals surface area contributed by atoms with Crippen LogP contribution in [0.3, 0.4) is 0 Å². The van der Waals surface area contributed by atoms with Crippen molar-refractivity contribution in [1.29, 1.82) is 0 Å². The second kappa shape index (κ2) is 9.85. The van der Waals surface area contributed by atoms with E-state index in [1.165, 1.54) is 16.7 Å². The number of nitrogens with zero attached hydrogens (tertiary/aromatic N) is 1. The molecule has 0 spiro atoms. The lowest BCUT2D eigenvalue weighted by molar-refractivity contribution is -0.142. The molecule has 6 heteroatoms. The van der Waals surface area contributed by atoms with Gasteiger partial charge in [0.2, 0.25) is 0 Å². The van der Waals surface area contributed by atoms with Gasteiger partial charge >= 0.3 is 5.97 Å². The first kappa shape index (κ1) is 22.4. The Kier molecular flexibility index (Phi) is 6.50. The first-order chi connectivity index (χ1) is 16.6. The molecule has 5 rings (SSSR count). The number of carboxylic acids is 1. The summed E-state index contributed by atoms with van der Waals surface area (Å²) in [4.78, 5) is 24.2. The van der Waals surface area contributed by atoms with Crippen LogP contribution in [0.5, 0.6) is 0 Å². The number of aliphatic carboxylic acids is 1. The maximum Gasteiger partial charge on any atom is 0.306 e. The fourth-order valence-corrected chi connectivity index (χ4v) is 5.79. The molecule has 0 aliphatic heterocycles. The highest BCUT2D eigenvalue weighted by atomic mass is 32.1. The molecule has 2 aromatic heterocycles. The van der Waals surface area contributed by atoms with Gasteiger partial charge < -0.3 is 15.0 Å². The normalized spacial score (nSPS) is 18.1. The molecule has 5 nitrogen and oxygen atoms in total. The summed E-state index contributed by atoms with van der Waals surface area (Å²) in [6, 6.07) is 21.2. The van der Waals surface area contributed by atoms with E-state index >= 15 is 0 Å². The molecule has 1 aliphatic carbocycles. The van der Waals surface area contributed by atoms with Crippen molar-refractivity contribution in [2.24, 2.45) is 5.92 Å². The molecular weight excluding hydrogens is 444 g/mol. The van der Waals surface area contributed by atoms with Crippen LogP contribution in [0.4, 0.5) is 0 Å². The van der Waals surface area contributed by atoms with E-state index in [1.807, 2.05) is 11.4 Å². The van der Waals surface area contributed by atoms with Crippen molar-refractivity contribution in [1.82, 2.24) is 9.88 Å². The van der Waals surface area contributed by atoms with E-state index in [2.05, 4.69) is 70.7 Å². The Morgan fingerprint density at radius 1 is 0.941 bits per heavy atom. The zero-order valence-electron chi connectivity index (χ0n) is 18.9. The maximum atomic E-state index is 13.1. The standard InChI is InChI=1S/C28H28N2O3S/c31-27(29-23-12-10-22(11-13-23)28(32)33)24-18-34-25-15-17-30(26(24)25)16-14-19-6-8-21(9-7-19)20-4-2-1-3-5-20/h1-9,15,17-18,22-23H,10-14,16H2,(H,29,31)(H,32,33). The number of amides is 1. The summed E-state index contributed by atoms with van der Waals surface area (Å²) in [5, 5.41) is 14.3. The second-order valence-electron chi connectivity index (χ2n) is 9.04. The summed E-state index contributed by atoms with van der Waals surface area (Å²) in [5.74, 6) is -1.06. The molecule has 2 aromatic carbocycles. The van der Waals surface area contributed by atoms with Gasteiger partial charge in [-0.05, 0) is 54.9 Å². The van der Waals surface area contributed by atoms with Gasteiger partial charge in [-0.3, -0.25) is 9.59 Å². The van der Waals surface area contributed by atoms with Crippen LogP contribution in [0.25, 0.3) is 21.3 Å². The van der Waals surface area contributed by atoms with Crippen LogP contribution in [0.1, 0.15) is 41.6 Å². The van der Waals surface area contributed by atoms with Crippen LogP contribution >= 0.6 is 11.3 Å². The van der Waals surface area contributed by atoms with Crippen LogP contribution in [-0.2, 0) is 17.8 Å². The second-order valence-corrected chi connectivity index (χ2v) is 9.96. The van der Waals surface area contributed by atoms with E-state index in [0.717, 1.165) is 36.0 Å². The zero-order chi connectivity index (χ0) is 23.5. The van der Waals surface area contributed by atoms with E-state index in [1.54, 1.807) is 11.3 Å².